The smallest absolute Gasteiger partial charge is 0.178 e. The molecule has 1 unspecified atom stereocenters. The molecule has 3 rings (SSSR count). The van der Waals surface area contributed by atoms with Crippen LogP contribution in [0.15, 0.2) is 41.1 Å². The molecule has 0 saturated heterocycles. The molecule has 0 fully saturated rings. The maximum Gasteiger partial charge on any atom is 0.178 e. The number of aromatic nitrogens is 2. The molecule has 0 amide bonds. The number of thiazole rings is 1. The molecule has 7 nitrogen and oxygen atoms in total. The van der Waals surface area contributed by atoms with Crippen LogP contribution in [0, 0.1) is 16.6 Å². The minimum atomic E-state index is -0.868. The Kier molecular flexibility index (Phi) is 5.82. The van der Waals surface area contributed by atoms with Gasteiger partial charge in [-0.25, -0.2) is 9.37 Å². The largest absolute Gasteiger partial charge is 0.478 e. The molecule has 0 saturated carbocycles. The first-order valence-electron chi connectivity index (χ1n) is 7.90. The monoisotopic (exact) mass is 385 g/mol. The zero-order valence-electron chi connectivity index (χ0n) is 14.3. The van der Waals surface area contributed by atoms with Crippen molar-refractivity contribution in [3.8, 4) is 5.75 Å². The number of benzene rings is 1. The van der Waals surface area contributed by atoms with Crippen LogP contribution in [0.2, 0.25) is 0 Å². The first-order valence-corrected chi connectivity index (χ1v) is 8.78. The number of fused-ring (bicyclic) bond motifs is 1. The van der Waals surface area contributed by atoms with Crippen molar-refractivity contribution in [2.24, 2.45) is 5.16 Å². The van der Waals surface area contributed by atoms with Gasteiger partial charge >= 0.3 is 0 Å². The number of hydrogen-bond acceptors (Lipinski definition) is 8. The van der Waals surface area contributed by atoms with E-state index in [1.54, 1.807) is 11.6 Å². The lowest BCUT2D eigenvalue weighted by Gasteiger charge is -2.19. The van der Waals surface area contributed by atoms with Crippen molar-refractivity contribution in [3.63, 3.8) is 0 Å². The number of nitrogens with zero attached hydrogens (tertiary/aromatic N) is 3. The van der Waals surface area contributed by atoms with E-state index in [1.165, 1.54) is 30.7 Å². The predicted molar refractivity (Wildman–Crippen MR) is 103 cm³/mol. The Labute approximate surface area is 158 Å². The zero-order valence-corrected chi connectivity index (χ0v) is 15.2. The van der Waals surface area contributed by atoms with E-state index in [2.05, 4.69) is 20.0 Å². The summed E-state index contributed by atoms with van der Waals surface area (Å²) >= 11 is 1.48. The second kappa shape index (κ2) is 8.45. The van der Waals surface area contributed by atoms with Gasteiger partial charge in [0.15, 0.2) is 6.10 Å². The molecule has 0 spiro atoms. The second-order valence-corrected chi connectivity index (χ2v) is 6.35. The summed E-state index contributed by atoms with van der Waals surface area (Å²) < 4.78 is 20.9. The maximum atomic E-state index is 13.9. The SMILES string of the molecule is CO/N=C/c1cc(C(Oc2ccc3ncsc3c2)C(=N)CC=N)ncc1F. The van der Waals surface area contributed by atoms with E-state index in [9.17, 15) is 4.39 Å². The standard InChI is InChI=1S/C18H16FN5O2S/c1-25-24-8-11-6-16(22-9-13(11)19)18(14(21)4-5-20)26-12-2-3-15-17(7-12)27-10-23-15/h2-3,5-10,18,20-21H,4H2,1H3/b20-5?,21-14?,24-8+. The van der Waals surface area contributed by atoms with Crippen molar-refractivity contribution >= 4 is 39.7 Å². The van der Waals surface area contributed by atoms with Gasteiger partial charge in [0.05, 0.1) is 39.5 Å². The molecule has 3 aromatic rings. The lowest BCUT2D eigenvalue weighted by Crippen LogP contribution is -2.20. The van der Waals surface area contributed by atoms with Gasteiger partial charge in [-0.3, -0.25) is 4.98 Å². The second-order valence-electron chi connectivity index (χ2n) is 5.46. The van der Waals surface area contributed by atoms with E-state index in [-0.39, 0.29) is 17.7 Å². The maximum absolute atomic E-state index is 13.9. The average Bonchev–Trinajstić information content (AvgIpc) is 3.13. The number of nitrogens with one attached hydrogen (secondary N) is 2. The van der Waals surface area contributed by atoms with E-state index >= 15 is 0 Å². The van der Waals surface area contributed by atoms with E-state index in [0.717, 1.165) is 22.6 Å². The third kappa shape index (κ3) is 4.32. The lowest BCUT2D eigenvalue weighted by molar-refractivity contribution is 0.215. The van der Waals surface area contributed by atoms with Crippen molar-refractivity contribution in [2.75, 3.05) is 7.11 Å². The fraction of sp³-hybridized carbons (Fsp3) is 0.167. The van der Waals surface area contributed by atoms with Crippen molar-refractivity contribution in [2.45, 2.75) is 12.5 Å². The number of oxime groups is 1. The molecular formula is C18H16FN5O2S. The molecule has 0 radical (unpaired) electrons. The number of rotatable bonds is 8. The average molecular weight is 385 g/mol. The summed E-state index contributed by atoms with van der Waals surface area (Å²) in [6, 6.07) is 6.86. The number of halogens is 1. The summed E-state index contributed by atoms with van der Waals surface area (Å²) in [5, 5.41) is 19.1. The molecule has 2 N–H and O–H groups in total. The van der Waals surface area contributed by atoms with Crippen LogP contribution in [0.1, 0.15) is 23.8 Å². The zero-order chi connectivity index (χ0) is 19.2. The van der Waals surface area contributed by atoms with Crippen LogP contribution >= 0.6 is 11.3 Å². The number of ether oxygens (including phenoxy) is 1. The highest BCUT2D eigenvalue weighted by atomic mass is 32.1. The minimum Gasteiger partial charge on any atom is -0.478 e. The summed E-state index contributed by atoms with van der Waals surface area (Å²) in [5.41, 5.74) is 3.23. The molecular weight excluding hydrogens is 369 g/mol. The van der Waals surface area contributed by atoms with Gasteiger partial charge in [-0.2, -0.15) is 0 Å². The quantitative estimate of drug-likeness (QED) is 0.452. The molecule has 2 heterocycles. The molecule has 0 aliphatic rings. The first kappa shape index (κ1) is 18.6. The molecule has 0 aliphatic carbocycles. The number of hydrogen-bond donors (Lipinski definition) is 2. The summed E-state index contributed by atoms with van der Waals surface area (Å²) in [5.74, 6) is -0.0346. The lowest BCUT2D eigenvalue weighted by atomic mass is 10.1. The van der Waals surface area contributed by atoms with E-state index < -0.39 is 11.9 Å². The van der Waals surface area contributed by atoms with Crippen LogP contribution in [-0.2, 0) is 4.84 Å². The molecule has 27 heavy (non-hydrogen) atoms. The molecule has 0 aliphatic heterocycles. The van der Waals surface area contributed by atoms with Crippen LogP contribution in [0.5, 0.6) is 5.75 Å². The molecule has 1 atom stereocenters. The highest BCUT2D eigenvalue weighted by Crippen LogP contribution is 2.28. The Hall–Kier alpha value is -3.20. The Morgan fingerprint density at radius 1 is 1.37 bits per heavy atom. The highest BCUT2D eigenvalue weighted by molar-refractivity contribution is 7.16. The van der Waals surface area contributed by atoms with Crippen molar-refractivity contribution in [1.29, 1.82) is 10.8 Å². The minimum absolute atomic E-state index is 0.0913. The molecule has 2 aromatic heterocycles. The Balaban J connectivity index is 1.96. The van der Waals surface area contributed by atoms with Gasteiger partial charge in [-0.15, -0.1) is 11.3 Å². The van der Waals surface area contributed by atoms with Crippen molar-refractivity contribution in [1.82, 2.24) is 9.97 Å². The van der Waals surface area contributed by atoms with Gasteiger partial charge in [0.25, 0.3) is 0 Å². The first-order chi connectivity index (χ1) is 13.1. The Bertz CT molecular complexity index is 1000. The molecule has 9 heteroatoms. The fourth-order valence-corrected chi connectivity index (χ4v) is 3.10. The van der Waals surface area contributed by atoms with Gasteiger partial charge in [0.1, 0.15) is 18.7 Å². The van der Waals surface area contributed by atoms with Gasteiger partial charge in [0, 0.05) is 18.2 Å². The highest BCUT2D eigenvalue weighted by Gasteiger charge is 2.22. The molecule has 0 bridgehead atoms. The van der Waals surface area contributed by atoms with Crippen LogP contribution in [-0.4, -0.2) is 35.2 Å². The van der Waals surface area contributed by atoms with E-state index in [4.69, 9.17) is 15.6 Å². The Morgan fingerprint density at radius 2 is 2.22 bits per heavy atom. The van der Waals surface area contributed by atoms with E-state index in [0.29, 0.717) is 11.4 Å². The summed E-state index contributed by atoms with van der Waals surface area (Å²) in [6.07, 6.45) is 2.61. The van der Waals surface area contributed by atoms with Crippen LogP contribution in [0.25, 0.3) is 10.2 Å². The number of pyridine rings is 1. The van der Waals surface area contributed by atoms with Crippen LogP contribution < -0.4 is 4.74 Å². The van der Waals surface area contributed by atoms with Gasteiger partial charge < -0.3 is 20.4 Å². The van der Waals surface area contributed by atoms with Gasteiger partial charge in [-0.05, 0) is 24.3 Å². The van der Waals surface area contributed by atoms with Crippen molar-refractivity contribution in [3.05, 3.63) is 53.0 Å². The fourth-order valence-electron chi connectivity index (χ4n) is 2.39. The van der Waals surface area contributed by atoms with Crippen molar-refractivity contribution < 1.29 is 14.0 Å². The third-order valence-electron chi connectivity index (χ3n) is 3.67. The van der Waals surface area contributed by atoms with Crippen LogP contribution in [0.3, 0.4) is 0 Å². The predicted octanol–water partition coefficient (Wildman–Crippen LogP) is 3.99. The third-order valence-corrected chi connectivity index (χ3v) is 4.46. The van der Waals surface area contributed by atoms with Gasteiger partial charge in [0.2, 0.25) is 0 Å². The van der Waals surface area contributed by atoms with Gasteiger partial charge in [-0.1, -0.05) is 5.16 Å². The topological polar surface area (TPSA) is 104 Å². The normalized spacial score (nSPS) is 12.2. The summed E-state index contributed by atoms with van der Waals surface area (Å²) in [4.78, 5) is 12.9. The molecule has 1 aromatic carbocycles. The summed E-state index contributed by atoms with van der Waals surface area (Å²) in [6.45, 7) is 0. The van der Waals surface area contributed by atoms with E-state index in [1.807, 2.05) is 12.1 Å². The summed E-state index contributed by atoms with van der Waals surface area (Å²) in [7, 11) is 1.36. The molecule has 138 valence electrons. The Morgan fingerprint density at radius 3 is 3.00 bits per heavy atom. The van der Waals surface area contributed by atoms with Crippen LogP contribution in [0.4, 0.5) is 4.39 Å².